The van der Waals surface area contributed by atoms with Crippen LogP contribution >= 0.6 is 0 Å². The molecule has 15 heavy (non-hydrogen) atoms. The molecule has 0 aliphatic carbocycles. The van der Waals surface area contributed by atoms with Gasteiger partial charge in [0, 0.05) is 45.1 Å². The smallest absolute Gasteiger partial charge is 0.229 e. The van der Waals surface area contributed by atoms with Crippen molar-refractivity contribution in [2.24, 2.45) is 0 Å². The van der Waals surface area contributed by atoms with Gasteiger partial charge >= 0.3 is 0 Å². The molecule has 0 bridgehead atoms. The van der Waals surface area contributed by atoms with Gasteiger partial charge in [0.25, 0.3) is 0 Å². The molecule has 5 nitrogen and oxygen atoms in total. The van der Waals surface area contributed by atoms with Crippen LogP contribution in [-0.4, -0.2) is 60.9 Å². The summed E-state index contributed by atoms with van der Waals surface area (Å²) in [6.45, 7) is 3.35. The van der Waals surface area contributed by atoms with E-state index in [0.29, 0.717) is 25.4 Å². The first-order valence-corrected chi connectivity index (χ1v) is 5.42. The summed E-state index contributed by atoms with van der Waals surface area (Å²) in [5.41, 5.74) is 0. The van der Waals surface area contributed by atoms with E-state index in [4.69, 9.17) is 0 Å². The van der Waals surface area contributed by atoms with Crippen LogP contribution in [0.15, 0.2) is 0 Å². The Hall–Kier alpha value is -0.940. The number of nitrogens with one attached hydrogen (secondary N) is 1. The molecule has 2 heterocycles. The maximum atomic E-state index is 11.3. The fraction of sp³-hybridized carbons (Fsp3) is 0.800. The molecule has 0 unspecified atom stereocenters. The van der Waals surface area contributed by atoms with E-state index in [2.05, 4.69) is 10.2 Å². The van der Waals surface area contributed by atoms with E-state index in [1.54, 1.807) is 0 Å². The molecule has 5 heteroatoms. The number of rotatable bonds is 4. The van der Waals surface area contributed by atoms with Crippen molar-refractivity contribution in [3.63, 3.8) is 0 Å². The van der Waals surface area contributed by atoms with Gasteiger partial charge in [0.2, 0.25) is 11.8 Å². The second kappa shape index (κ2) is 4.28. The third-order valence-electron chi connectivity index (χ3n) is 3.21. The van der Waals surface area contributed by atoms with Gasteiger partial charge in [-0.1, -0.05) is 0 Å². The number of carbonyl (C=O) groups excluding carboxylic acids is 2. The van der Waals surface area contributed by atoms with Crippen LogP contribution in [-0.2, 0) is 9.59 Å². The molecule has 0 spiro atoms. The molecular formula is C10H17N3O2. The van der Waals surface area contributed by atoms with E-state index in [0.717, 1.165) is 19.6 Å². The molecule has 0 aromatic heterocycles. The number of imide groups is 1. The van der Waals surface area contributed by atoms with Crippen molar-refractivity contribution >= 4 is 11.8 Å². The van der Waals surface area contributed by atoms with Gasteiger partial charge in [-0.2, -0.15) is 0 Å². The average molecular weight is 211 g/mol. The Kier molecular flexibility index (Phi) is 3.02. The number of nitrogens with zero attached hydrogens (tertiary/aromatic N) is 2. The summed E-state index contributed by atoms with van der Waals surface area (Å²) < 4.78 is 0. The predicted octanol–water partition coefficient (Wildman–Crippen LogP) is -0.961. The SMILES string of the molecule is CN(CCN1C(=O)CCC1=O)C1CNC1. The van der Waals surface area contributed by atoms with Crippen LogP contribution in [0, 0.1) is 0 Å². The topological polar surface area (TPSA) is 52.7 Å². The number of likely N-dealkylation sites (N-methyl/N-ethyl adjacent to an activating group) is 1. The summed E-state index contributed by atoms with van der Waals surface area (Å²) >= 11 is 0. The fourth-order valence-electron chi connectivity index (χ4n) is 1.90. The van der Waals surface area contributed by atoms with E-state index in [1.807, 2.05) is 7.05 Å². The Balaban J connectivity index is 1.76. The zero-order chi connectivity index (χ0) is 10.8. The monoisotopic (exact) mass is 211 g/mol. The van der Waals surface area contributed by atoms with Gasteiger partial charge < -0.3 is 5.32 Å². The molecule has 1 N–H and O–H groups in total. The van der Waals surface area contributed by atoms with Crippen molar-refractivity contribution < 1.29 is 9.59 Å². The Morgan fingerprint density at radius 2 is 1.93 bits per heavy atom. The highest BCUT2D eigenvalue weighted by Crippen LogP contribution is 2.11. The molecule has 0 saturated carbocycles. The van der Waals surface area contributed by atoms with Gasteiger partial charge in [-0.3, -0.25) is 19.4 Å². The van der Waals surface area contributed by atoms with E-state index in [9.17, 15) is 9.59 Å². The Morgan fingerprint density at radius 1 is 1.33 bits per heavy atom. The number of hydrogen-bond donors (Lipinski definition) is 1. The molecule has 2 fully saturated rings. The van der Waals surface area contributed by atoms with Gasteiger partial charge in [-0.05, 0) is 7.05 Å². The zero-order valence-electron chi connectivity index (χ0n) is 9.03. The second-order valence-electron chi connectivity index (χ2n) is 4.23. The van der Waals surface area contributed by atoms with Crippen molar-refractivity contribution in [2.75, 3.05) is 33.2 Å². The lowest BCUT2D eigenvalue weighted by Crippen LogP contribution is -2.57. The fourth-order valence-corrected chi connectivity index (χ4v) is 1.90. The van der Waals surface area contributed by atoms with Crippen LogP contribution in [0.5, 0.6) is 0 Å². The van der Waals surface area contributed by atoms with Gasteiger partial charge in [0.1, 0.15) is 0 Å². The quantitative estimate of drug-likeness (QED) is 0.608. The van der Waals surface area contributed by atoms with Gasteiger partial charge in [-0.25, -0.2) is 0 Å². The average Bonchev–Trinajstić information content (AvgIpc) is 2.41. The second-order valence-corrected chi connectivity index (χ2v) is 4.23. The highest BCUT2D eigenvalue weighted by Gasteiger charge is 2.29. The van der Waals surface area contributed by atoms with Crippen LogP contribution in [0.1, 0.15) is 12.8 Å². The molecule has 0 radical (unpaired) electrons. The van der Waals surface area contributed by atoms with Crippen molar-refractivity contribution in [3.8, 4) is 0 Å². The first-order chi connectivity index (χ1) is 7.18. The molecule has 2 amide bonds. The molecule has 2 aliphatic heterocycles. The third-order valence-corrected chi connectivity index (χ3v) is 3.21. The predicted molar refractivity (Wildman–Crippen MR) is 55.2 cm³/mol. The van der Waals surface area contributed by atoms with E-state index in [-0.39, 0.29) is 11.8 Å². The lowest BCUT2D eigenvalue weighted by molar-refractivity contribution is -0.138. The molecule has 0 aromatic rings. The van der Waals surface area contributed by atoms with Crippen LogP contribution in [0.4, 0.5) is 0 Å². The van der Waals surface area contributed by atoms with Gasteiger partial charge in [0.05, 0.1) is 0 Å². The Morgan fingerprint density at radius 3 is 2.40 bits per heavy atom. The normalized spacial score (nSPS) is 22.7. The summed E-state index contributed by atoms with van der Waals surface area (Å²) in [5, 5.41) is 3.20. The lowest BCUT2D eigenvalue weighted by Gasteiger charge is -2.36. The molecule has 0 atom stereocenters. The standard InChI is InChI=1S/C10H17N3O2/c1-12(8-6-11-7-8)4-5-13-9(14)2-3-10(13)15/h8,11H,2-7H2,1H3. The van der Waals surface area contributed by atoms with Crippen molar-refractivity contribution in [1.29, 1.82) is 0 Å². The Bertz CT molecular complexity index is 260. The van der Waals surface area contributed by atoms with Crippen molar-refractivity contribution in [1.82, 2.24) is 15.1 Å². The van der Waals surface area contributed by atoms with Gasteiger partial charge in [-0.15, -0.1) is 0 Å². The molecule has 0 aromatic carbocycles. The summed E-state index contributed by atoms with van der Waals surface area (Å²) in [4.78, 5) is 26.2. The number of hydrogen-bond acceptors (Lipinski definition) is 4. The van der Waals surface area contributed by atoms with Crippen LogP contribution in [0.3, 0.4) is 0 Å². The minimum atomic E-state index is -0.0138. The lowest BCUT2D eigenvalue weighted by atomic mass is 10.1. The maximum absolute atomic E-state index is 11.3. The molecule has 2 rings (SSSR count). The van der Waals surface area contributed by atoms with E-state index in [1.165, 1.54) is 4.90 Å². The van der Waals surface area contributed by atoms with Crippen LogP contribution < -0.4 is 5.32 Å². The van der Waals surface area contributed by atoms with Crippen molar-refractivity contribution in [3.05, 3.63) is 0 Å². The summed E-state index contributed by atoms with van der Waals surface area (Å²) in [6, 6.07) is 0.567. The molecular weight excluding hydrogens is 194 g/mol. The third kappa shape index (κ3) is 2.18. The zero-order valence-corrected chi connectivity index (χ0v) is 9.03. The number of amides is 2. The van der Waals surface area contributed by atoms with Crippen molar-refractivity contribution in [2.45, 2.75) is 18.9 Å². The minimum Gasteiger partial charge on any atom is -0.314 e. The van der Waals surface area contributed by atoms with E-state index < -0.39 is 0 Å². The highest BCUT2D eigenvalue weighted by atomic mass is 16.2. The number of likely N-dealkylation sites (tertiary alicyclic amines) is 1. The number of carbonyl (C=O) groups is 2. The van der Waals surface area contributed by atoms with Crippen LogP contribution in [0.2, 0.25) is 0 Å². The Labute approximate surface area is 89.4 Å². The highest BCUT2D eigenvalue weighted by molar-refractivity contribution is 6.01. The molecule has 2 aliphatic rings. The summed E-state index contributed by atoms with van der Waals surface area (Å²) in [7, 11) is 2.04. The largest absolute Gasteiger partial charge is 0.314 e. The minimum absolute atomic E-state index is 0.0138. The first-order valence-electron chi connectivity index (χ1n) is 5.42. The summed E-state index contributed by atoms with van der Waals surface area (Å²) in [5.74, 6) is -0.0275. The molecule has 2 saturated heterocycles. The first kappa shape index (κ1) is 10.6. The molecule has 84 valence electrons. The van der Waals surface area contributed by atoms with E-state index >= 15 is 0 Å². The maximum Gasteiger partial charge on any atom is 0.229 e. The van der Waals surface area contributed by atoms with Gasteiger partial charge in [0.15, 0.2) is 0 Å². The summed E-state index contributed by atoms with van der Waals surface area (Å²) in [6.07, 6.45) is 0.793. The van der Waals surface area contributed by atoms with Crippen LogP contribution in [0.25, 0.3) is 0 Å².